The summed E-state index contributed by atoms with van der Waals surface area (Å²) in [6.07, 6.45) is 1.71. The average molecular weight is 608 g/mol. The molecule has 1 unspecified atom stereocenters. The number of ether oxygens (including phenoxy) is 1. The molecule has 1 aromatic heterocycles. The van der Waals surface area contributed by atoms with Gasteiger partial charge in [-0.1, -0.05) is 78.3 Å². The number of Topliss-reactive ketones (excluding diaryl/α,β-unsaturated/α-hetero) is 1. The molecule has 234 valence electrons. The van der Waals surface area contributed by atoms with Crippen LogP contribution in [0.2, 0.25) is 5.02 Å². The van der Waals surface area contributed by atoms with E-state index < -0.39 is 6.04 Å². The molecule has 1 atom stereocenters. The van der Waals surface area contributed by atoms with Crippen molar-refractivity contribution in [2.45, 2.75) is 94.7 Å². The molecule has 3 aromatic carbocycles. The number of para-hydroxylation sites is 2. The molecule has 43 heavy (non-hydrogen) atoms. The van der Waals surface area contributed by atoms with Gasteiger partial charge in [0.05, 0.1) is 17.1 Å². The fourth-order valence-electron chi connectivity index (χ4n) is 4.27. The Bertz CT molecular complexity index is 1400. The van der Waals surface area contributed by atoms with Crippen LogP contribution in [0.5, 0.6) is 5.75 Å². The number of aromatic nitrogens is 2. The zero-order valence-electron chi connectivity index (χ0n) is 27.6. The standard InChI is InChI=1S/C23H27N3O3.C9H11Cl.2C2H6/c1-14(2)11-20(16(4)27)26-23(28)17-9-10-21(15(3)12-17)29-13-22-24-18-7-5-6-8-19(18)25-22;1-3-8-4-5-9(10)6-7(8)2;2*1-2/h5-10,12,14,20H,11,13H2,1-4H3,(H,24,25)(H,26,28);4-6H,3H2,1-2H3;2*1-2H3. The molecular weight excluding hydrogens is 558 g/mol. The number of hydrogen-bond acceptors (Lipinski definition) is 4. The molecule has 0 aliphatic carbocycles. The van der Waals surface area contributed by atoms with Gasteiger partial charge in [0.25, 0.3) is 5.91 Å². The fraction of sp³-hybridized carbons (Fsp3) is 0.417. The van der Waals surface area contributed by atoms with E-state index in [1.54, 1.807) is 18.2 Å². The lowest BCUT2D eigenvalue weighted by molar-refractivity contribution is -0.119. The summed E-state index contributed by atoms with van der Waals surface area (Å²) < 4.78 is 5.88. The Balaban J connectivity index is 0.000000552. The molecule has 0 aliphatic rings. The second kappa shape index (κ2) is 19.5. The summed E-state index contributed by atoms with van der Waals surface area (Å²) in [4.78, 5) is 32.1. The first-order valence-electron chi connectivity index (χ1n) is 15.3. The van der Waals surface area contributed by atoms with Crippen LogP contribution in [0.1, 0.15) is 94.7 Å². The van der Waals surface area contributed by atoms with Crippen molar-refractivity contribution in [3.63, 3.8) is 0 Å². The van der Waals surface area contributed by atoms with Crippen molar-refractivity contribution in [3.05, 3.63) is 93.8 Å². The van der Waals surface area contributed by atoms with Crippen LogP contribution in [0.3, 0.4) is 0 Å². The summed E-state index contributed by atoms with van der Waals surface area (Å²) in [7, 11) is 0. The number of carbonyl (C=O) groups is 2. The Morgan fingerprint density at radius 1 is 0.953 bits per heavy atom. The zero-order valence-corrected chi connectivity index (χ0v) is 28.4. The van der Waals surface area contributed by atoms with E-state index in [1.165, 1.54) is 18.1 Å². The van der Waals surface area contributed by atoms with Gasteiger partial charge in [-0.3, -0.25) is 9.59 Å². The number of imidazole rings is 1. The molecule has 1 heterocycles. The van der Waals surface area contributed by atoms with Crippen LogP contribution in [0.25, 0.3) is 11.0 Å². The SMILES string of the molecule is CC.CC.CC(=O)C(CC(C)C)NC(=O)c1ccc(OCc2nc3ccccc3[nH]2)c(C)c1.CCc1ccc(Cl)cc1C. The molecule has 0 saturated heterocycles. The molecule has 0 fully saturated rings. The van der Waals surface area contributed by atoms with Gasteiger partial charge in [-0.25, -0.2) is 4.98 Å². The van der Waals surface area contributed by atoms with Crippen LogP contribution in [0, 0.1) is 19.8 Å². The third-order valence-corrected chi connectivity index (χ3v) is 6.66. The van der Waals surface area contributed by atoms with Crippen molar-refractivity contribution in [1.29, 1.82) is 0 Å². The quantitative estimate of drug-likeness (QED) is 0.198. The normalized spacial score (nSPS) is 10.8. The topological polar surface area (TPSA) is 84.1 Å². The van der Waals surface area contributed by atoms with E-state index in [2.05, 4.69) is 35.2 Å². The van der Waals surface area contributed by atoms with Crippen molar-refractivity contribution in [2.24, 2.45) is 5.92 Å². The van der Waals surface area contributed by atoms with Gasteiger partial charge in [-0.05, 0) is 98.7 Å². The predicted molar refractivity (Wildman–Crippen MR) is 181 cm³/mol. The Labute approximate surface area is 263 Å². The summed E-state index contributed by atoms with van der Waals surface area (Å²) in [5.74, 6) is 1.46. The molecule has 2 N–H and O–H groups in total. The first-order valence-corrected chi connectivity index (χ1v) is 15.7. The lowest BCUT2D eigenvalue weighted by atomic mass is 10.0. The largest absolute Gasteiger partial charge is 0.485 e. The second-order valence-corrected chi connectivity index (χ2v) is 10.6. The van der Waals surface area contributed by atoms with E-state index in [4.69, 9.17) is 16.3 Å². The molecule has 0 bridgehead atoms. The molecule has 1 amide bonds. The van der Waals surface area contributed by atoms with Crippen LogP contribution in [0.15, 0.2) is 60.7 Å². The number of ketones is 1. The maximum Gasteiger partial charge on any atom is 0.251 e. The van der Waals surface area contributed by atoms with Crippen LogP contribution in [-0.4, -0.2) is 27.7 Å². The summed E-state index contributed by atoms with van der Waals surface area (Å²) in [5, 5.41) is 3.67. The van der Waals surface area contributed by atoms with Gasteiger partial charge in [0.2, 0.25) is 0 Å². The van der Waals surface area contributed by atoms with Crippen molar-refractivity contribution < 1.29 is 14.3 Å². The Morgan fingerprint density at radius 2 is 1.63 bits per heavy atom. The Hall–Kier alpha value is -3.64. The van der Waals surface area contributed by atoms with Gasteiger partial charge in [0, 0.05) is 10.6 Å². The van der Waals surface area contributed by atoms with Crippen LogP contribution in [-0.2, 0) is 17.8 Å². The number of fused-ring (bicyclic) bond motifs is 1. The number of nitrogens with one attached hydrogen (secondary N) is 2. The monoisotopic (exact) mass is 607 g/mol. The molecule has 0 radical (unpaired) electrons. The number of aryl methyl sites for hydroxylation is 3. The van der Waals surface area contributed by atoms with E-state index >= 15 is 0 Å². The van der Waals surface area contributed by atoms with Crippen molar-refractivity contribution in [3.8, 4) is 5.75 Å². The molecule has 4 aromatic rings. The molecule has 7 heteroatoms. The number of aromatic amines is 1. The minimum atomic E-state index is -0.466. The van der Waals surface area contributed by atoms with Gasteiger partial charge < -0.3 is 15.0 Å². The number of amides is 1. The lowest BCUT2D eigenvalue weighted by Gasteiger charge is -2.18. The third-order valence-electron chi connectivity index (χ3n) is 6.43. The Morgan fingerprint density at radius 3 is 2.19 bits per heavy atom. The summed E-state index contributed by atoms with van der Waals surface area (Å²) in [5.41, 5.74) is 5.89. The van der Waals surface area contributed by atoms with Crippen LogP contribution < -0.4 is 10.1 Å². The van der Waals surface area contributed by atoms with Crippen molar-refractivity contribution in [1.82, 2.24) is 15.3 Å². The molecule has 0 aliphatic heterocycles. The minimum Gasteiger partial charge on any atom is -0.485 e. The van der Waals surface area contributed by atoms with E-state index in [0.717, 1.165) is 33.9 Å². The number of rotatable bonds is 9. The highest BCUT2D eigenvalue weighted by atomic mass is 35.5. The summed E-state index contributed by atoms with van der Waals surface area (Å²) in [6, 6.07) is 18.6. The highest BCUT2D eigenvalue weighted by Crippen LogP contribution is 2.21. The number of carbonyl (C=O) groups excluding carboxylic acids is 2. The molecular formula is C36H50ClN3O3. The summed E-state index contributed by atoms with van der Waals surface area (Å²) >= 11 is 5.77. The van der Waals surface area contributed by atoms with E-state index in [0.29, 0.717) is 30.3 Å². The van der Waals surface area contributed by atoms with Crippen LogP contribution >= 0.6 is 11.6 Å². The highest BCUT2D eigenvalue weighted by molar-refractivity contribution is 6.30. The number of hydrogen-bond donors (Lipinski definition) is 2. The minimum absolute atomic E-state index is 0.0328. The molecule has 0 spiro atoms. The molecule has 6 nitrogen and oxygen atoms in total. The van der Waals surface area contributed by atoms with E-state index in [-0.39, 0.29) is 11.7 Å². The smallest absolute Gasteiger partial charge is 0.251 e. The molecule has 4 rings (SSSR count). The number of H-pyrrole nitrogens is 1. The van der Waals surface area contributed by atoms with Crippen molar-refractivity contribution in [2.75, 3.05) is 0 Å². The zero-order chi connectivity index (χ0) is 32.5. The second-order valence-electron chi connectivity index (χ2n) is 10.2. The van der Waals surface area contributed by atoms with Gasteiger partial charge in [0.1, 0.15) is 18.2 Å². The van der Waals surface area contributed by atoms with E-state index in [9.17, 15) is 9.59 Å². The lowest BCUT2D eigenvalue weighted by Crippen LogP contribution is -2.40. The van der Waals surface area contributed by atoms with Crippen LogP contribution in [0.4, 0.5) is 0 Å². The first kappa shape index (κ1) is 37.4. The predicted octanol–water partition coefficient (Wildman–Crippen LogP) is 9.45. The number of benzene rings is 3. The number of halogens is 1. The van der Waals surface area contributed by atoms with E-state index in [1.807, 2.05) is 84.9 Å². The average Bonchev–Trinajstić information content (AvgIpc) is 3.41. The number of nitrogens with zero attached hydrogens (tertiary/aromatic N) is 1. The molecule has 0 saturated carbocycles. The highest BCUT2D eigenvalue weighted by Gasteiger charge is 2.19. The van der Waals surface area contributed by atoms with Crippen molar-refractivity contribution >= 4 is 34.3 Å². The van der Waals surface area contributed by atoms with Gasteiger partial charge in [0.15, 0.2) is 5.78 Å². The van der Waals surface area contributed by atoms with Gasteiger partial charge >= 0.3 is 0 Å². The first-order chi connectivity index (χ1) is 20.6. The maximum atomic E-state index is 12.6. The summed E-state index contributed by atoms with van der Waals surface area (Å²) in [6.45, 7) is 20.0. The maximum absolute atomic E-state index is 12.6. The van der Waals surface area contributed by atoms with Gasteiger partial charge in [-0.2, -0.15) is 0 Å². The third kappa shape index (κ3) is 12.2. The Kier molecular flexibility index (Phi) is 17.0. The van der Waals surface area contributed by atoms with Gasteiger partial charge in [-0.15, -0.1) is 0 Å². The fourth-order valence-corrected chi connectivity index (χ4v) is 4.49.